The van der Waals surface area contributed by atoms with Gasteiger partial charge in [-0.2, -0.15) is 0 Å². The van der Waals surface area contributed by atoms with Crippen molar-refractivity contribution in [2.75, 3.05) is 19.0 Å². The number of benzene rings is 3. The number of anilines is 1. The van der Waals surface area contributed by atoms with E-state index in [0.29, 0.717) is 50.0 Å². The third kappa shape index (κ3) is 5.21. The number of carbonyl (C=O) groups excluding carboxylic acids is 1. The lowest BCUT2D eigenvalue weighted by Crippen LogP contribution is -2.40. The lowest BCUT2D eigenvalue weighted by atomic mass is 9.95. The fourth-order valence-corrected chi connectivity index (χ4v) is 5.52. The van der Waals surface area contributed by atoms with Crippen LogP contribution in [0.4, 0.5) is 5.69 Å². The average Bonchev–Trinajstić information content (AvgIpc) is 3.24. The Balaban J connectivity index is 1.65. The molecule has 4 aromatic rings. The third-order valence-corrected chi connectivity index (χ3v) is 7.29. The molecule has 1 atom stereocenters. The zero-order valence-electron chi connectivity index (χ0n) is 21.7. The number of fused-ring (bicyclic) bond motifs is 1. The van der Waals surface area contributed by atoms with E-state index in [4.69, 9.17) is 9.47 Å². The SMILES string of the molecule is CCOc1cc(/C=c2/sc3n(c2=O)[C@@H](c2ccc(OC)cc2)C(C(=O)Nc2ccccc2)=C(C)N=3)ccc1O. The molecule has 0 unspecified atom stereocenters. The van der Waals surface area contributed by atoms with Crippen molar-refractivity contribution in [3.05, 3.63) is 115 Å². The van der Waals surface area contributed by atoms with Crippen LogP contribution < -0.4 is 29.7 Å². The fraction of sp³-hybridized carbons (Fsp3) is 0.167. The molecular weight excluding hydrogens is 514 g/mol. The van der Waals surface area contributed by atoms with Crippen molar-refractivity contribution in [2.24, 2.45) is 4.99 Å². The number of allylic oxidation sites excluding steroid dienone is 1. The molecular formula is C30H27N3O5S. The highest BCUT2D eigenvalue weighted by molar-refractivity contribution is 7.07. The Morgan fingerprint density at radius 3 is 2.56 bits per heavy atom. The van der Waals surface area contributed by atoms with Gasteiger partial charge in [0.15, 0.2) is 16.3 Å². The first-order valence-electron chi connectivity index (χ1n) is 12.4. The van der Waals surface area contributed by atoms with Gasteiger partial charge in [0.2, 0.25) is 0 Å². The molecule has 0 bridgehead atoms. The van der Waals surface area contributed by atoms with Gasteiger partial charge in [0.1, 0.15) is 5.75 Å². The predicted octanol–water partition coefficient (Wildman–Crippen LogP) is 3.99. The summed E-state index contributed by atoms with van der Waals surface area (Å²) in [4.78, 5) is 32.6. The Morgan fingerprint density at radius 2 is 1.87 bits per heavy atom. The minimum absolute atomic E-state index is 0.0275. The predicted molar refractivity (Wildman–Crippen MR) is 151 cm³/mol. The lowest BCUT2D eigenvalue weighted by Gasteiger charge is -2.25. The maximum absolute atomic E-state index is 13.9. The zero-order chi connectivity index (χ0) is 27.5. The maximum Gasteiger partial charge on any atom is 0.271 e. The molecule has 0 spiro atoms. The quantitative estimate of drug-likeness (QED) is 0.369. The summed E-state index contributed by atoms with van der Waals surface area (Å²) in [6, 6.07) is 20.7. The molecule has 2 N–H and O–H groups in total. The summed E-state index contributed by atoms with van der Waals surface area (Å²) in [5, 5.41) is 13.0. The molecule has 5 rings (SSSR count). The van der Waals surface area contributed by atoms with E-state index in [-0.39, 0.29) is 17.2 Å². The van der Waals surface area contributed by atoms with Crippen molar-refractivity contribution >= 4 is 29.0 Å². The van der Waals surface area contributed by atoms with Gasteiger partial charge in [0, 0.05) is 5.69 Å². The van der Waals surface area contributed by atoms with Crippen molar-refractivity contribution in [1.29, 1.82) is 0 Å². The van der Waals surface area contributed by atoms with Crippen LogP contribution in [0.15, 0.2) is 93.9 Å². The summed E-state index contributed by atoms with van der Waals surface area (Å²) in [7, 11) is 1.58. The van der Waals surface area contributed by atoms with Gasteiger partial charge in [0.05, 0.1) is 35.6 Å². The van der Waals surface area contributed by atoms with Gasteiger partial charge in [0.25, 0.3) is 11.5 Å². The number of para-hydroxylation sites is 1. The van der Waals surface area contributed by atoms with Crippen LogP contribution in [-0.4, -0.2) is 29.3 Å². The number of phenolic OH excluding ortho intramolecular Hbond substituents is 1. The molecule has 0 saturated heterocycles. The highest BCUT2D eigenvalue weighted by atomic mass is 32.1. The summed E-state index contributed by atoms with van der Waals surface area (Å²) < 4.78 is 12.8. The molecule has 0 fully saturated rings. The van der Waals surface area contributed by atoms with Crippen LogP contribution >= 0.6 is 11.3 Å². The Morgan fingerprint density at radius 1 is 1.13 bits per heavy atom. The van der Waals surface area contributed by atoms with Crippen molar-refractivity contribution < 1.29 is 19.4 Å². The highest BCUT2D eigenvalue weighted by Gasteiger charge is 2.32. The Bertz CT molecular complexity index is 1740. The Labute approximate surface area is 228 Å². The normalized spacial score (nSPS) is 14.9. The van der Waals surface area contributed by atoms with Crippen LogP contribution in [0.5, 0.6) is 17.2 Å². The number of aromatic hydroxyl groups is 1. The minimum Gasteiger partial charge on any atom is -0.504 e. The van der Waals surface area contributed by atoms with Gasteiger partial charge in [-0.3, -0.25) is 14.2 Å². The molecule has 3 aromatic carbocycles. The number of phenols is 1. The van der Waals surface area contributed by atoms with E-state index in [1.807, 2.05) is 37.3 Å². The van der Waals surface area contributed by atoms with Crippen LogP contribution in [-0.2, 0) is 4.79 Å². The maximum atomic E-state index is 13.9. The van der Waals surface area contributed by atoms with Crippen molar-refractivity contribution in [3.8, 4) is 17.2 Å². The number of nitrogens with zero attached hydrogens (tertiary/aromatic N) is 2. The molecule has 9 heteroatoms. The van der Waals surface area contributed by atoms with E-state index in [1.165, 1.54) is 17.4 Å². The number of carbonyl (C=O) groups is 1. The first kappa shape index (κ1) is 26.0. The summed E-state index contributed by atoms with van der Waals surface area (Å²) >= 11 is 1.24. The topological polar surface area (TPSA) is 102 Å². The second-order valence-corrected chi connectivity index (χ2v) is 9.84. The molecule has 1 aromatic heterocycles. The standard InChI is InChI=1S/C30H27N3O5S/c1-4-38-24-16-19(10-15-23(24)34)17-25-29(36)33-27(20-11-13-22(37-3)14-12-20)26(18(2)31-30(33)39-25)28(35)32-21-8-6-5-7-9-21/h5-17,27,34H,4H2,1-3H3,(H,32,35)/b25-17+/t27-/m0/s1. The van der Waals surface area contributed by atoms with E-state index >= 15 is 0 Å². The second-order valence-electron chi connectivity index (χ2n) is 8.84. The molecule has 1 aliphatic heterocycles. The smallest absolute Gasteiger partial charge is 0.271 e. The van der Waals surface area contributed by atoms with Crippen LogP contribution in [0.1, 0.15) is 31.0 Å². The summed E-state index contributed by atoms with van der Waals surface area (Å²) in [5.74, 6) is 0.697. The molecule has 2 heterocycles. The van der Waals surface area contributed by atoms with E-state index in [2.05, 4.69) is 10.3 Å². The molecule has 39 heavy (non-hydrogen) atoms. The lowest BCUT2D eigenvalue weighted by molar-refractivity contribution is -0.113. The number of ether oxygens (including phenoxy) is 2. The number of nitrogens with one attached hydrogen (secondary N) is 1. The molecule has 0 saturated carbocycles. The number of aromatic nitrogens is 1. The minimum atomic E-state index is -0.697. The van der Waals surface area contributed by atoms with Crippen LogP contribution in [0.25, 0.3) is 6.08 Å². The van der Waals surface area contributed by atoms with E-state index in [0.717, 1.165) is 5.56 Å². The monoisotopic (exact) mass is 541 g/mol. The van der Waals surface area contributed by atoms with Crippen molar-refractivity contribution in [3.63, 3.8) is 0 Å². The number of thiazole rings is 1. The van der Waals surface area contributed by atoms with E-state index in [9.17, 15) is 14.7 Å². The number of amides is 1. The molecule has 0 aliphatic carbocycles. The van der Waals surface area contributed by atoms with Crippen molar-refractivity contribution in [1.82, 2.24) is 4.57 Å². The zero-order valence-corrected chi connectivity index (χ0v) is 22.5. The highest BCUT2D eigenvalue weighted by Crippen LogP contribution is 2.32. The van der Waals surface area contributed by atoms with Gasteiger partial charge in [-0.05, 0) is 67.4 Å². The second kappa shape index (κ2) is 11.0. The van der Waals surface area contributed by atoms with E-state index < -0.39 is 6.04 Å². The number of hydrogen-bond donors (Lipinski definition) is 2. The number of rotatable bonds is 7. The van der Waals surface area contributed by atoms with Gasteiger partial charge >= 0.3 is 0 Å². The van der Waals surface area contributed by atoms with Crippen LogP contribution in [0.2, 0.25) is 0 Å². The van der Waals surface area contributed by atoms with Crippen LogP contribution in [0.3, 0.4) is 0 Å². The largest absolute Gasteiger partial charge is 0.504 e. The van der Waals surface area contributed by atoms with Crippen LogP contribution in [0, 0.1) is 0 Å². The molecule has 8 nitrogen and oxygen atoms in total. The fourth-order valence-electron chi connectivity index (χ4n) is 4.48. The summed E-state index contributed by atoms with van der Waals surface area (Å²) in [6.45, 7) is 4.01. The van der Waals surface area contributed by atoms with Gasteiger partial charge in [-0.15, -0.1) is 0 Å². The van der Waals surface area contributed by atoms with Gasteiger partial charge in [-0.1, -0.05) is 47.7 Å². The average molecular weight is 542 g/mol. The Hall–Kier alpha value is -4.63. The van der Waals surface area contributed by atoms with E-state index in [1.54, 1.807) is 61.1 Å². The molecule has 0 radical (unpaired) electrons. The molecule has 198 valence electrons. The first-order chi connectivity index (χ1) is 18.9. The van der Waals surface area contributed by atoms with Gasteiger partial charge < -0.3 is 19.9 Å². The molecule has 1 aliphatic rings. The summed E-state index contributed by atoms with van der Waals surface area (Å²) in [6.07, 6.45) is 1.74. The molecule has 1 amide bonds. The third-order valence-electron chi connectivity index (χ3n) is 6.31. The summed E-state index contributed by atoms with van der Waals surface area (Å²) in [5.41, 5.74) is 2.72. The number of hydrogen-bond acceptors (Lipinski definition) is 7. The Kier molecular flexibility index (Phi) is 7.33. The van der Waals surface area contributed by atoms with Gasteiger partial charge in [-0.25, -0.2) is 4.99 Å². The number of methoxy groups -OCH3 is 1. The van der Waals surface area contributed by atoms with Crippen molar-refractivity contribution in [2.45, 2.75) is 19.9 Å². The first-order valence-corrected chi connectivity index (χ1v) is 13.2.